The molecule has 6 nitrogen and oxygen atoms in total. The van der Waals surface area contributed by atoms with Crippen LogP contribution in [0.3, 0.4) is 0 Å². The van der Waals surface area contributed by atoms with Crippen molar-refractivity contribution < 1.29 is 28.4 Å². The molecule has 238 valence electrons. The van der Waals surface area contributed by atoms with Crippen LogP contribution in [-0.4, -0.2) is 50.1 Å². The Balaban J connectivity index is 0.00000400. The first-order valence-electron chi connectivity index (χ1n) is 15.1. The van der Waals surface area contributed by atoms with Crippen LogP contribution in [0.2, 0.25) is 0 Å². The molecule has 2 bridgehead atoms. The fourth-order valence-electron chi connectivity index (χ4n) is 7.57. The maximum atomic E-state index is 12.4. The molecular weight excluding hydrogens is 764 g/mol. The van der Waals surface area contributed by atoms with E-state index in [-0.39, 0.29) is 23.0 Å². The first-order valence-corrected chi connectivity index (χ1v) is 16.7. The first-order chi connectivity index (χ1) is 21.3. The van der Waals surface area contributed by atoms with Crippen LogP contribution in [0.1, 0.15) is 35.6 Å². The summed E-state index contributed by atoms with van der Waals surface area (Å²) in [5.41, 5.74) is 4.29. The number of piperidine rings is 3. The van der Waals surface area contributed by atoms with Crippen molar-refractivity contribution in [3.63, 3.8) is 0 Å². The number of hydrogen-bond donors (Lipinski definition) is 1. The Morgan fingerprint density at radius 3 is 2.22 bits per heavy atom. The molecule has 0 spiro atoms. The third-order valence-corrected chi connectivity index (χ3v) is 11.5. The number of quaternary nitrogens is 1. The highest BCUT2D eigenvalue weighted by atomic mass is 79.9. The number of benzene rings is 3. The number of ether oxygens (including phenoxy) is 3. The number of rotatable bonds is 10. The smallest absolute Gasteiger partial charge is 0.213 e. The maximum Gasteiger partial charge on any atom is 0.213 e. The molecule has 7 rings (SSSR count). The molecule has 1 aromatic heterocycles. The van der Waals surface area contributed by atoms with E-state index in [1.54, 1.807) is 21.3 Å². The number of hydrogen-bond acceptors (Lipinski definition) is 4. The number of aliphatic hydroxyl groups excluding tert-OH is 1. The third kappa shape index (κ3) is 6.57. The second-order valence-corrected chi connectivity index (χ2v) is 13.9. The van der Waals surface area contributed by atoms with Crippen LogP contribution in [0.15, 0.2) is 88.5 Å². The Morgan fingerprint density at radius 2 is 1.56 bits per heavy atom. The van der Waals surface area contributed by atoms with Gasteiger partial charge in [-0.3, -0.25) is 0 Å². The normalized spacial score (nSPS) is 22.8. The van der Waals surface area contributed by atoms with Gasteiger partial charge in [-0.15, -0.1) is 23.6 Å². The largest absolute Gasteiger partial charge is 0.497 e. The first kappa shape index (κ1) is 33.9. The minimum atomic E-state index is -0.652. The number of halogens is 3. The van der Waals surface area contributed by atoms with Gasteiger partial charge in [-0.2, -0.15) is 4.57 Å². The topological polar surface area (TPSA) is 51.8 Å². The molecule has 3 fully saturated rings. The lowest BCUT2D eigenvalue weighted by atomic mass is 9.71. The van der Waals surface area contributed by atoms with Gasteiger partial charge in [0, 0.05) is 56.5 Å². The van der Waals surface area contributed by atoms with Gasteiger partial charge < -0.3 is 23.8 Å². The summed E-state index contributed by atoms with van der Waals surface area (Å²) in [5.74, 6) is 3.40. The average Bonchev–Trinajstić information content (AvgIpc) is 3.06. The molecule has 0 aliphatic carbocycles. The van der Waals surface area contributed by atoms with Crippen LogP contribution in [0.25, 0.3) is 10.9 Å². The lowest BCUT2D eigenvalue weighted by molar-refractivity contribution is -0.985. The molecule has 0 amide bonds. The summed E-state index contributed by atoms with van der Waals surface area (Å²) in [4.78, 5) is 0. The molecule has 3 aliphatic heterocycles. The van der Waals surface area contributed by atoms with Crippen molar-refractivity contribution in [2.45, 2.75) is 38.1 Å². The highest BCUT2D eigenvalue weighted by Crippen LogP contribution is 2.48. The molecule has 4 aromatic rings. The van der Waals surface area contributed by atoms with E-state index in [9.17, 15) is 5.11 Å². The van der Waals surface area contributed by atoms with Crippen molar-refractivity contribution in [3.05, 3.63) is 105 Å². The van der Waals surface area contributed by atoms with Crippen LogP contribution in [0.4, 0.5) is 0 Å². The second-order valence-electron chi connectivity index (χ2n) is 12.2. The van der Waals surface area contributed by atoms with Crippen LogP contribution < -0.4 is 18.8 Å². The number of fused-ring (bicyclic) bond motifs is 4. The summed E-state index contributed by atoms with van der Waals surface area (Å²) >= 11 is 7.53. The van der Waals surface area contributed by atoms with E-state index in [1.165, 1.54) is 5.56 Å². The SMILES string of the molecule is Br.C=C[C@H]1C[N@+]2(Cc3cc(OC)ccc3Br)CC[C@H]1C[C@@H]2[C@@H](O)c1cc[n+](Cc2cc(OC)ccc2Br)c2ccc(OC)cc12. The van der Waals surface area contributed by atoms with Crippen molar-refractivity contribution in [1.29, 1.82) is 0 Å². The van der Waals surface area contributed by atoms with Gasteiger partial charge in [0.15, 0.2) is 12.7 Å². The van der Waals surface area contributed by atoms with Crippen LogP contribution in [-0.2, 0) is 13.1 Å². The number of aromatic nitrogens is 1. The molecule has 1 N–H and O–H groups in total. The molecule has 3 saturated heterocycles. The molecule has 4 heterocycles. The minimum Gasteiger partial charge on any atom is -0.497 e. The van der Waals surface area contributed by atoms with Gasteiger partial charge in [-0.25, -0.2) is 0 Å². The Hall–Kier alpha value is -2.43. The zero-order valence-corrected chi connectivity index (χ0v) is 30.8. The number of pyridine rings is 1. The van der Waals surface area contributed by atoms with Crippen LogP contribution >= 0.6 is 48.8 Å². The van der Waals surface area contributed by atoms with Crippen molar-refractivity contribution in [1.82, 2.24) is 0 Å². The van der Waals surface area contributed by atoms with E-state index in [2.05, 4.69) is 91.7 Å². The second kappa shape index (κ2) is 14.1. The van der Waals surface area contributed by atoms with Gasteiger partial charge in [-0.1, -0.05) is 37.9 Å². The van der Waals surface area contributed by atoms with Crippen molar-refractivity contribution in [3.8, 4) is 17.2 Å². The van der Waals surface area contributed by atoms with E-state index in [0.717, 1.165) is 85.2 Å². The Kier molecular flexibility index (Phi) is 10.7. The predicted molar refractivity (Wildman–Crippen MR) is 190 cm³/mol. The van der Waals surface area contributed by atoms with Crippen molar-refractivity contribution in [2.24, 2.45) is 11.8 Å². The fourth-order valence-corrected chi connectivity index (χ4v) is 8.31. The lowest BCUT2D eigenvalue weighted by Crippen LogP contribution is -2.67. The van der Waals surface area contributed by atoms with E-state index in [4.69, 9.17) is 14.2 Å². The summed E-state index contributed by atoms with van der Waals surface area (Å²) in [6, 6.07) is 20.5. The van der Waals surface area contributed by atoms with E-state index in [1.807, 2.05) is 24.3 Å². The predicted octanol–water partition coefficient (Wildman–Crippen LogP) is 7.95. The zero-order chi connectivity index (χ0) is 31.0. The zero-order valence-electron chi connectivity index (χ0n) is 25.9. The molecule has 45 heavy (non-hydrogen) atoms. The summed E-state index contributed by atoms with van der Waals surface area (Å²) in [7, 11) is 5.08. The number of nitrogens with zero attached hydrogens (tertiary/aromatic N) is 2. The third-order valence-electron chi connectivity index (χ3n) is 9.95. The summed E-state index contributed by atoms with van der Waals surface area (Å²) < 4.78 is 21.9. The molecule has 0 radical (unpaired) electrons. The van der Waals surface area contributed by atoms with Crippen LogP contribution in [0.5, 0.6) is 17.2 Å². The summed E-state index contributed by atoms with van der Waals surface area (Å²) in [5, 5.41) is 13.4. The number of methoxy groups -OCH3 is 3. The minimum absolute atomic E-state index is 0. The fraction of sp³-hybridized carbons (Fsp3) is 0.361. The molecule has 5 atom stereocenters. The molecule has 0 saturated carbocycles. The Labute approximate surface area is 293 Å². The van der Waals surface area contributed by atoms with Gasteiger partial charge >= 0.3 is 0 Å². The monoisotopic (exact) mass is 802 g/mol. The highest BCUT2D eigenvalue weighted by Gasteiger charge is 2.54. The van der Waals surface area contributed by atoms with E-state index in [0.29, 0.717) is 18.4 Å². The van der Waals surface area contributed by atoms with Gasteiger partial charge in [-0.05, 0) is 54.4 Å². The standard InChI is InChI=1S/C36H40Br2N2O4.BrH/c1-5-23-21-40(22-26-17-28(43-3)7-10-33(26)38)15-13-24(23)18-35(40)36(41)30-12-14-39(34-11-8-29(44-4)19-31(30)34)20-25-16-27(42-2)6-9-32(25)37;/h5-12,14,16-17,19,23-24,35-36,41H,1,13,15,18,20-22H2,2-4H3;1H/q+2;/t23-,24-,35+,36-,40-;/m0./s1. The molecule has 3 aromatic carbocycles. The average molecular weight is 805 g/mol. The van der Waals surface area contributed by atoms with Crippen molar-refractivity contribution >= 4 is 59.7 Å². The van der Waals surface area contributed by atoms with Crippen molar-refractivity contribution in [2.75, 3.05) is 34.4 Å². The Morgan fingerprint density at radius 1 is 0.933 bits per heavy atom. The van der Waals surface area contributed by atoms with Crippen LogP contribution in [0, 0.1) is 11.8 Å². The lowest BCUT2D eigenvalue weighted by Gasteiger charge is -2.58. The maximum absolute atomic E-state index is 12.4. The molecule has 0 unspecified atom stereocenters. The highest BCUT2D eigenvalue weighted by molar-refractivity contribution is 9.10. The summed E-state index contributed by atoms with van der Waals surface area (Å²) in [6.45, 7) is 7.66. The van der Waals surface area contributed by atoms with E-state index < -0.39 is 6.10 Å². The molecule has 3 aliphatic rings. The number of aliphatic hydroxyl groups is 1. The van der Waals surface area contributed by atoms with Gasteiger partial charge in [0.2, 0.25) is 5.52 Å². The van der Waals surface area contributed by atoms with Gasteiger partial charge in [0.25, 0.3) is 0 Å². The Bertz CT molecular complexity index is 1700. The molecular formula is C36H41Br3N2O4+2. The van der Waals surface area contributed by atoms with Gasteiger partial charge in [0.05, 0.1) is 39.8 Å². The van der Waals surface area contributed by atoms with Gasteiger partial charge in [0.1, 0.15) is 35.9 Å². The quantitative estimate of drug-likeness (QED) is 0.101. The summed E-state index contributed by atoms with van der Waals surface area (Å²) in [6.07, 6.45) is 5.69. The molecule has 9 heteroatoms. The van der Waals surface area contributed by atoms with E-state index >= 15 is 0 Å².